The summed E-state index contributed by atoms with van der Waals surface area (Å²) < 4.78 is 0. The fraction of sp³-hybridized carbons (Fsp3) is 0.900. The van der Waals surface area contributed by atoms with Gasteiger partial charge in [0, 0.05) is 18.6 Å². The molecule has 1 rings (SSSR count). The van der Waals surface area contributed by atoms with Crippen LogP contribution in [-0.4, -0.2) is 40.6 Å². The second-order valence-corrected chi connectivity index (χ2v) is 5.21. The molecule has 0 aromatic heterocycles. The maximum Gasteiger partial charge on any atom is 0.230 e. The van der Waals surface area contributed by atoms with Crippen LogP contribution in [0.4, 0.5) is 0 Å². The van der Waals surface area contributed by atoms with E-state index in [-0.39, 0.29) is 12.0 Å². The number of β-amino-alcohol motifs (C(OH)–C–C–N with tert-alkyl or cyclic N) is 1. The smallest absolute Gasteiger partial charge is 0.230 e. The van der Waals surface area contributed by atoms with Crippen molar-refractivity contribution in [2.75, 3.05) is 13.1 Å². The van der Waals surface area contributed by atoms with Gasteiger partial charge in [-0.1, -0.05) is 0 Å². The van der Waals surface area contributed by atoms with Crippen LogP contribution in [-0.2, 0) is 4.79 Å². The third-order valence-electron chi connectivity index (χ3n) is 3.29. The number of aliphatic hydroxyl groups is 1. The summed E-state index contributed by atoms with van der Waals surface area (Å²) in [5, 5.41) is 9.11. The zero-order chi connectivity index (χ0) is 11.1. The van der Waals surface area contributed by atoms with E-state index in [0.717, 1.165) is 0 Å². The van der Waals surface area contributed by atoms with E-state index in [1.54, 1.807) is 4.90 Å². The van der Waals surface area contributed by atoms with Gasteiger partial charge in [-0.05, 0) is 27.7 Å². The Kier molecular flexibility index (Phi) is 2.63. The zero-order valence-electron chi connectivity index (χ0n) is 9.37. The zero-order valence-corrected chi connectivity index (χ0v) is 9.37. The van der Waals surface area contributed by atoms with Crippen molar-refractivity contribution in [2.24, 2.45) is 11.1 Å². The number of aliphatic hydroxyl groups excluding tert-OH is 1. The van der Waals surface area contributed by atoms with Crippen molar-refractivity contribution in [1.29, 1.82) is 0 Å². The summed E-state index contributed by atoms with van der Waals surface area (Å²) in [5.41, 5.74) is 4.81. The lowest BCUT2D eigenvalue weighted by Gasteiger charge is -2.45. The van der Waals surface area contributed by atoms with Crippen LogP contribution in [0.2, 0.25) is 0 Å². The van der Waals surface area contributed by atoms with Gasteiger partial charge in [0.05, 0.1) is 11.5 Å². The van der Waals surface area contributed by atoms with Crippen LogP contribution < -0.4 is 5.73 Å². The quantitative estimate of drug-likeness (QED) is 0.657. The maximum absolute atomic E-state index is 12.0. The molecule has 4 heteroatoms. The Bertz CT molecular complexity index is 237. The molecule has 0 bridgehead atoms. The van der Waals surface area contributed by atoms with E-state index in [9.17, 15) is 4.79 Å². The highest BCUT2D eigenvalue weighted by molar-refractivity contribution is 5.84. The van der Waals surface area contributed by atoms with E-state index in [2.05, 4.69) is 0 Å². The van der Waals surface area contributed by atoms with Crippen LogP contribution in [0.3, 0.4) is 0 Å². The van der Waals surface area contributed by atoms with Gasteiger partial charge in [0.25, 0.3) is 0 Å². The number of carbonyl (C=O) groups excluding carboxylic acids is 1. The van der Waals surface area contributed by atoms with E-state index in [1.165, 1.54) is 0 Å². The SMILES string of the molecule is CC(C)(N)C(C)(C)C(=O)N1CC(O)C1. The molecule has 0 unspecified atom stereocenters. The van der Waals surface area contributed by atoms with Crippen molar-refractivity contribution >= 4 is 5.91 Å². The molecule has 0 aromatic carbocycles. The van der Waals surface area contributed by atoms with E-state index in [1.807, 2.05) is 27.7 Å². The van der Waals surface area contributed by atoms with Crippen LogP contribution in [0.1, 0.15) is 27.7 Å². The summed E-state index contributed by atoms with van der Waals surface area (Å²) in [7, 11) is 0. The van der Waals surface area contributed by atoms with Gasteiger partial charge in [-0.25, -0.2) is 0 Å². The first-order valence-electron chi connectivity index (χ1n) is 4.92. The van der Waals surface area contributed by atoms with Crippen LogP contribution in [0, 0.1) is 5.41 Å². The highest BCUT2D eigenvalue weighted by Gasteiger charge is 2.45. The topological polar surface area (TPSA) is 66.6 Å². The summed E-state index contributed by atoms with van der Waals surface area (Å²) in [6.07, 6.45) is -0.351. The lowest BCUT2D eigenvalue weighted by atomic mass is 9.73. The van der Waals surface area contributed by atoms with Gasteiger partial charge in [0.2, 0.25) is 5.91 Å². The molecule has 0 saturated carbocycles. The van der Waals surface area contributed by atoms with Gasteiger partial charge in [-0.15, -0.1) is 0 Å². The molecule has 1 aliphatic rings. The molecule has 1 aliphatic heterocycles. The first-order chi connectivity index (χ1) is 6.16. The third-order valence-corrected chi connectivity index (χ3v) is 3.29. The Labute approximate surface area is 85.1 Å². The van der Waals surface area contributed by atoms with Crippen LogP contribution in [0.25, 0.3) is 0 Å². The molecule has 0 atom stereocenters. The lowest BCUT2D eigenvalue weighted by molar-refractivity contribution is -0.153. The predicted octanol–water partition coefficient (Wildman–Crippen LogP) is -0.0470. The standard InChI is InChI=1S/C10H20N2O2/c1-9(2,10(3,4)11)8(14)12-5-7(13)6-12/h7,13H,5-6,11H2,1-4H3. The molecule has 82 valence electrons. The normalized spacial score (nSPS) is 19.4. The van der Waals surface area contributed by atoms with E-state index < -0.39 is 11.0 Å². The second kappa shape index (κ2) is 3.21. The minimum atomic E-state index is -0.590. The number of nitrogens with zero attached hydrogens (tertiary/aromatic N) is 1. The molecular formula is C10H20N2O2. The highest BCUT2D eigenvalue weighted by atomic mass is 16.3. The lowest BCUT2D eigenvalue weighted by Crippen LogP contribution is -2.62. The first-order valence-corrected chi connectivity index (χ1v) is 4.92. The molecule has 4 nitrogen and oxygen atoms in total. The summed E-state index contributed by atoms with van der Waals surface area (Å²) in [6.45, 7) is 8.28. The summed E-state index contributed by atoms with van der Waals surface area (Å²) in [6, 6.07) is 0. The van der Waals surface area contributed by atoms with Gasteiger partial charge >= 0.3 is 0 Å². The molecule has 0 aliphatic carbocycles. The fourth-order valence-electron chi connectivity index (χ4n) is 1.29. The number of rotatable bonds is 2. The van der Waals surface area contributed by atoms with Gasteiger partial charge in [0.1, 0.15) is 0 Å². The van der Waals surface area contributed by atoms with Crippen LogP contribution in [0.15, 0.2) is 0 Å². The van der Waals surface area contributed by atoms with Crippen molar-refractivity contribution < 1.29 is 9.90 Å². The minimum Gasteiger partial charge on any atom is -0.389 e. The van der Waals surface area contributed by atoms with Crippen molar-refractivity contribution in [3.8, 4) is 0 Å². The Morgan fingerprint density at radius 3 is 2.07 bits per heavy atom. The Morgan fingerprint density at radius 1 is 1.36 bits per heavy atom. The van der Waals surface area contributed by atoms with Gasteiger partial charge in [-0.2, -0.15) is 0 Å². The number of carbonyl (C=O) groups is 1. The van der Waals surface area contributed by atoms with E-state index in [4.69, 9.17) is 10.8 Å². The Hall–Kier alpha value is -0.610. The molecule has 1 fully saturated rings. The van der Waals surface area contributed by atoms with E-state index in [0.29, 0.717) is 13.1 Å². The number of hydrogen-bond acceptors (Lipinski definition) is 3. The highest BCUT2D eigenvalue weighted by Crippen LogP contribution is 2.32. The summed E-state index contributed by atoms with van der Waals surface area (Å²) >= 11 is 0. The number of likely N-dealkylation sites (tertiary alicyclic amines) is 1. The average Bonchev–Trinajstić information content (AvgIpc) is 1.95. The van der Waals surface area contributed by atoms with E-state index >= 15 is 0 Å². The number of hydrogen-bond donors (Lipinski definition) is 2. The van der Waals surface area contributed by atoms with Crippen molar-refractivity contribution in [1.82, 2.24) is 4.90 Å². The first kappa shape index (κ1) is 11.5. The molecular weight excluding hydrogens is 180 g/mol. The number of amides is 1. The largest absolute Gasteiger partial charge is 0.389 e. The second-order valence-electron chi connectivity index (χ2n) is 5.21. The minimum absolute atomic E-state index is 0.0234. The molecule has 0 aromatic rings. The molecule has 1 amide bonds. The molecule has 14 heavy (non-hydrogen) atoms. The monoisotopic (exact) mass is 200 g/mol. The molecule has 1 heterocycles. The van der Waals surface area contributed by atoms with Crippen molar-refractivity contribution in [3.05, 3.63) is 0 Å². The summed E-state index contributed by atoms with van der Waals surface area (Å²) in [5.74, 6) is 0.0234. The fourth-order valence-corrected chi connectivity index (χ4v) is 1.29. The van der Waals surface area contributed by atoms with Crippen LogP contribution >= 0.6 is 0 Å². The van der Waals surface area contributed by atoms with Gasteiger partial charge < -0.3 is 15.7 Å². The molecule has 0 spiro atoms. The number of nitrogens with two attached hydrogens (primary N) is 1. The van der Waals surface area contributed by atoms with Gasteiger partial charge in [-0.3, -0.25) is 4.79 Å². The van der Waals surface area contributed by atoms with Crippen molar-refractivity contribution in [3.63, 3.8) is 0 Å². The van der Waals surface area contributed by atoms with Gasteiger partial charge in [0.15, 0.2) is 0 Å². The Balaban J connectivity index is 2.69. The molecule has 3 N–H and O–H groups in total. The van der Waals surface area contributed by atoms with Crippen LogP contribution in [0.5, 0.6) is 0 Å². The predicted molar refractivity (Wildman–Crippen MR) is 54.6 cm³/mol. The van der Waals surface area contributed by atoms with Crippen molar-refractivity contribution in [2.45, 2.75) is 39.3 Å². The molecule has 1 saturated heterocycles. The Morgan fingerprint density at radius 2 is 1.79 bits per heavy atom. The average molecular weight is 200 g/mol. The maximum atomic E-state index is 12.0. The molecule has 0 radical (unpaired) electrons. The third kappa shape index (κ3) is 1.77. The summed E-state index contributed by atoms with van der Waals surface area (Å²) in [4.78, 5) is 13.6.